The first-order chi connectivity index (χ1) is 30.2. The highest BCUT2D eigenvalue weighted by molar-refractivity contribution is 7.91. The van der Waals surface area contributed by atoms with Gasteiger partial charge in [0.05, 0.1) is 17.0 Å². The van der Waals surface area contributed by atoms with Crippen LogP contribution in [-0.4, -0.2) is 94.2 Å². The van der Waals surface area contributed by atoms with Crippen molar-refractivity contribution in [3.05, 3.63) is 39.9 Å². The second-order valence-corrected chi connectivity index (χ2v) is 24.4. The first-order valence-corrected chi connectivity index (χ1v) is 26.2. The maximum absolute atomic E-state index is 14.6. The summed E-state index contributed by atoms with van der Waals surface area (Å²) in [5.74, 6) is 2.39. The summed E-state index contributed by atoms with van der Waals surface area (Å²) in [6.07, 6.45) is 9.33. The Bertz CT molecular complexity index is 2050. The number of hydrogen-bond acceptors (Lipinski definition) is 9. The number of ether oxygens (including phenoxy) is 2. The number of carbonyl (C=O) groups excluding carboxylic acids is 5. The Morgan fingerprint density at radius 2 is 1.69 bits per heavy atom. The Kier molecular flexibility index (Phi) is 13.3. The van der Waals surface area contributed by atoms with Gasteiger partial charge >= 0.3 is 5.97 Å². The van der Waals surface area contributed by atoms with Gasteiger partial charge in [-0.3, -0.25) is 24.1 Å². The molecule has 5 saturated carbocycles. The monoisotopic (exact) mass is 921 g/mol. The molecule has 7 aliphatic rings. The number of halogens is 1. The largest absolute Gasteiger partial charge is 0.616 e. The average Bonchev–Trinajstić information content (AvgIpc) is 3.53. The summed E-state index contributed by atoms with van der Waals surface area (Å²) in [5, 5.41) is 6.88. The van der Waals surface area contributed by atoms with Crippen molar-refractivity contribution in [2.75, 3.05) is 37.7 Å². The molecule has 12 atom stereocenters. The second-order valence-electron chi connectivity index (χ2n) is 22.3. The van der Waals surface area contributed by atoms with Crippen LogP contribution < -0.4 is 15.4 Å². The van der Waals surface area contributed by atoms with Gasteiger partial charge in [0.15, 0.2) is 5.78 Å². The van der Waals surface area contributed by atoms with Gasteiger partial charge in [0.25, 0.3) is 5.91 Å². The molecular formula is C51H72ClN3O8S. The maximum Gasteiger partial charge on any atom is 0.309 e. The van der Waals surface area contributed by atoms with Crippen LogP contribution in [-0.2, 0) is 35.1 Å². The van der Waals surface area contributed by atoms with E-state index in [1.54, 1.807) is 32.0 Å². The van der Waals surface area contributed by atoms with Crippen LogP contribution in [0.3, 0.4) is 0 Å². The molecule has 0 radical (unpaired) electrons. The number of aldehydes is 1. The zero-order valence-corrected chi connectivity index (χ0v) is 41.0. The highest BCUT2D eigenvalue weighted by Gasteiger charge is 2.65. The van der Waals surface area contributed by atoms with Gasteiger partial charge in [-0.2, -0.15) is 0 Å². The highest BCUT2D eigenvalue weighted by atomic mass is 35.5. The van der Waals surface area contributed by atoms with Crippen molar-refractivity contribution >= 4 is 52.6 Å². The first kappa shape index (κ1) is 47.6. The number of hydrogen-bond donors (Lipinski definition) is 2. The van der Waals surface area contributed by atoms with E-state index in [4.69, 9.17) is 21.1 Å². The summed E-state index contributed by atoms with van der Waals surface area (Å²) in [6, 6.07) is 4.87. The van der Waals surface area contributed by atoms with Gasteiger partial charge in [-0.1, -0.05) is 64.3 Å². The smallest absolute Gasteiger partial charge is 0.309 e. The Balaban J connectivity index is 0.963. The number of rotatable bonds is 12. The third kappa shape index (κ3) is 8.39. The molecule has 1 saturated heterocycles. The molecule has 2 amide bonds. The van der Waals surface area contributed by atoms with Crippen molar-refractivity contribution in [3.8, 4) is 5.75 Å². The molecule has 0 bridgehead atoms. The predicted molar refractivity (Wildman–Crippen MR) is 248 cm³/mol. The third-order valence-corrected chi connectivity index (χ3v) is 19.7. The SMILES string of the molecule is CC(C)C1=C2C3CCC4C(C)(CCC5C(C)C(OC(=O)C6CC(C=O)C6C)CCC54C)C3CCC2(NC(=O)C(C)(C)NC(=O)c2ccc(Cl)cc2OCCN2CC[S+]([O-])CC2)CC1=O. The number of nitrogens with one attached hydrogen (secondary N) is 2. The summed E-state index contributed by atoms with van der Waals surface area (Å²) in [5.41, 5.74) is 0.323. The molecule has 11 nitrogen and oxygen atoms in total. The Morgan fingerprint density at radius 3 is 2.38 bits per heavy atom. The Morgan fingerprint density at radius 1 is 1.00 bits per heavy atom. The molecule has 352 valence electrons. The second kappa shape index (κ2) is 17.9. The van der Waals surface area contributed by atoms with Gasteiger partial charge in [0, 0.05) is 37.0 Å². The molecule has 1 aliphatic heterocycles. The summed E-state index contributed by atoms with van der Waals surface area (Å²) < 4.78 is 24.2. The van der Waals surface area contributed by atoms with Gasteiger partial charge in [0.2, 0.25) is 5.91 Å². The van der Waals surface area contributed by atoms with Crippen LogP contribution in [0.25, 0.3) is 0 Å². The molecular weight excluding hydrogens is 850 g/mol. The van der Waals surface area contributed by atoms with E-state index in [1.165, 1.54) is 0 Å². The zero-order chi connectivity index (χ0) is 46.1. The molecule has 1 heterocycles. The van der Waals surface area contributed by atoms with Gasteiger partial charge in [-0.15, -0.1) is 0 Å². The van der Waals surface area contributed by atoms with E-state index in [0.717, 1.165) is 75.5 Å². The van der Waals surface area contributed by atoms with Crippen molar-refractivity contribution in [2.45, 2.75) is 137 Å². The maximum atomic E-state index is 14.6. The minimum atomic E-state index is -1.33. The van der Waals surface area contributed by atoms with E-state index < -0.39 is 28.2 Å². The van der Waals surface area contributed by atoms with E-state index in [2.05, 4.69) is 50.2 Å². The molecule has 6 fully saturated rings. The van der Waals surface area contributed by atoms with E-state index >= 15 is 0 Å². The standard InChI is InChI=1S/C51H72ClN3O8S/c1-29(2)43-39(57)27-51(54-47(60)48(5,6)53-45(58)35-10-9-33(52)26-41(35)62-22-19-55-20-23-64(61)24-21-55)18-14-38-34(44(43)51)11-12-42-49(7)17-15-40(31(4)37(49)13-16-50(38,42)8)63-46(59)36-25-32(28-56)30(36)3/h9-10,26,28-32,34,36-38,40,42H,11-25,27H2,1-8H3,(H,53,58)(H,54,60). The van der Waals surface area contributed by atoms with Crippen molar-refractivity contribution in [1.29, 1.82) is 0 Å². The van der Waals surface area contributed by atoms with Crippen molar-refractivity contribution < 1.29 is 38.0 Å². The molecule has 13 heteroatoms. The van der Waals surface area contributed by atoms with E-state index in [0.29, 0.717) is 66.0 Å². The molecule has 1 aromatic rings. The van der Waals surface area contributed by atoms with Crippen LogP contribution in [0.2, 0.25) is 5.02 Å². The lowest BCUT2D eigenvalue weighted by molar-refractivity contribution is -0.195. The number of ketones is 1. The molecule has 6 aliphatic carbocycles. The third-order valence-electron chi connectivity index (χ3n) is 18.2. The minimum absolute atomic E-state index is 0.0137. The number of amides is 2. The van der Waals surface area contributed by atoms with E-state index in [-0.39, 0.29) is 82.1 Å². The van der Waals surface area contributed by atoms with Crippen molar-refractivity contribution in [1.82, 2.24) is 15.5 Å². The van der Waals surface area contributed by atoms with Crippen molar-refractivity contribution in [3.63, 3.8) is 0 Å². The van der Waals surface area contributed by atoms with Crippen LogP contribution >= 0.6 is 11.6 Å². The molecule has 8 rings (SSSR count). The summed E-state index contributed by atoms with van der Waals surface area (Å²) in [4.78, 5) is 69.7. The number of carbonyl (C=O) groups is 5. The van der Waals surface area contributed by atoms with Gasteiger partial charge in [-0.25, -0.2) is 0 Å². The summed E-state index contributed by atoms with van der Waals surface area (Å²) in [7, 11) is 0. The summed E-state index contributed by atoms with van der Waals surface area (Å²) >= 11 is 5.59. The van der Waals surface area contributed by atoms with Crippen molar-refractivity contribution in [2.24, 2.45) is 64.1 Å². The fourth-order valence-corrected chi connectivity index (χ4v) is 15.8. The normalized spacial score (nSPS) is 37.7. The Hall–Kier alpha value is -2.93. The van der Waals surface area contributed by atoms with Gasteiger partial charge < -0.3 is 29.5 Å². The number of nitrogens with zero attached hydrogens (tertiary/aromatic N) is 1. The van der Waals surface area contributed by atoms with Gasteiger partial charge in [-0.05, 0) is 153 Å². The van der Waals surface area contributed by atoms with E-state index in [9.17, 15) is 28.5 Å². The topological polar surface area (TPSA) is 154 Å². The summed E-state index contributed by atoms with van der Waals surface area (Å²) in [6.45, 7) is 19.4. The lowest BCUT2D eigenvalue weighted by Gasteiger charge is -2.67. The predicted octanol–water partition coefficient (Wildman–Crippen LogP) is 7.74. The van der Waals surface area contributed by atoms with E-state index in [1.807, 2.05) is 6.92 Å². The Labute approximate surface area is 388 Å². The van der Waals surface area contributed by atoms with Gasteiger partial charge in [0.1, 0.15) is 41.8 Å². The number of esters is 1. The highest BCUT2D eigenvalue weighted by Crippen LogP contribution is 2.70. The minimum Gasteiger partial charge on any atom is -0.616 e. The quantitative estimate of drug-likeness (QED) is 0.122. The molecule has 64 heavy (non-hydrogen) atoms. The van der Waals surface area contributed by atoms with Crippen LogP contribution in [0.4, 0.5) is 0 Å². The molecule has 2 N–H and O–H groups in total. The molecule has 0 spiro atoms. The molecule has 0 aromatic heterocycles. The zero-order valence-electron chi connectivity index (χ0n) is 39.4. The fourth-order valence-electron chi connectivity index (χ4n) is 14.5. The van der Waals surface area contributed by atoms with Crippen LogP contribution in [0.5, 0.6) is 5.75 Å². The number of allylic oxidation sites excluding steroid dienone is 1. The molecule has 12 unspecified atom stereocenters. The van der Waals surface area contributed by atoms with Crippen LogP contribution in [0.1, 0.15) is 130 Å². The number of Topliss-reactive ketones (excluding diaryl/α,β-unsaturated/α-hetero) is 1. The molecule has 1 aromatic carbocycles. The fraction of sp³-hybridized carbons (Fsp3) is 0.745. The number of benzene rings is 1. The van der Waals surface area contributed by atoms with Crippen LogP contribution in [0.15, 0.2) is 29.3 Å². The number of fused-ring (bicyclic) bond motifs is 7. The van der Waals surface area contributed by atoms with Crippen LogP contribution in [0, 0.1) is 64.1 Å². The lowest BCUT2D eigenvalue weighted by Crippen LogP contribution is -2.65. The first-order valence-electron chi connectivity index (χ1n) is 24.3. The lowest BCUT2D eigenvalue weighted by atomic mass is 9.38. The average molecular weight is 923 g/mol.